The van der Waals surface area contributed by atoms with Crippen LogP contribution in [0.4, 0.5) is 5.69 Å². The number of anilines is 1. The normalized spacial score (nSPS) is 10.5. The molecular weight excluding hydrogens is 232 g/mol. The number of hydrogen-bond donors (Lipinski definition) is 2. The van der Waals surface area contributed by atoms with Crippen molar-refractivity contribution in [3.63, 3.8) is 0 Å². The molecule has 1 heterocycles. The summed E-state index contributed by atoms with van der Waals surface area (Å²) in [6, 6.07) is 7.77. The quantitative estimate of drug-likeness (QED) is 0.855. The minimum atomic E-state index is 0.0560. The second kappa shape index (κ2) is 5.80. The number of aromatic nitrogens is 1. The van der Waals surface area contributed by atoms with Crippen LogP contribution in [-0.4, -0.2) is 10.1 Å². The second-order valence-electron chi connectivity index (χ2n) is 3.75. The summed E-state index contributed by atoms with van der Waals surface area (Å²) in [7, 11) is 0. The average Bonchev–Trinajstić information content (AvgIpc) is 2.84. The van der Waals surface area contributed by atoms with Crippen molar-refractivity contribution in [1.29, 1.82) is 0 Å². The van der Waals surface area contributed by atoms with Crippen LogP contribution < -0.4 is 5.32 Å². The van der Waals surface area contributed by atoms with E-state index in [0.29, 0.717) is 6.54 Å². The fourth-order valence-corrected chi connectivity index (χ4v) is 2.35. The number of para-hydroxylation sites is 1. The van der Waals surface area contributed by atoms with Crippen molar-refractivity contribution in [1.82, 2.24) is 4.98 Å². The number of rotatable bonds is 5. The Balaban J connectivity index is 2.01. The number of aryl methyl sites for hydroxylation is 1. The first-order chi connectivity index (χ1) is 8.33. The van der Waals surface area contributed by atoms with Gasteiger partial charge in [0.1, 0.15) is 0 Å². The molecule has 4 heteroatoms. The van der Waals surface area contributed by atoms with Crippen LogP contribution in [0.5, 0.6) is 0 Å². The summed E-state index contributed by atoms with van der Waals surface area (Å²) >= 11 is 1.69. The third kappa shape index (κ3) is 3.05. The minimum Gasteiger partial charge on any atom is -0.392 e. The van der Waals surface area contributed by atoms with Gasteiger partial charge in [-0.3, -0.25) is 0 Å². The summed E-state index contributed by atoms with van der Waals surface area (Å²) in [5.74, 6) is 0. The Morgan fingerprint density at radius 2 is 2.18 bits per heavy atom. The number of aliphatic hydroxyl groups excluding tert-OH is 1. The lowest BCUT2D eigenvalue weighted by Gasteiger charge is -2.08. The number of hydrogen-bond acceptors (Lipinski definition) is 4. The highest BCUT2D eigenvalue weighted by Gasteiger charge is 2.02. The molecule has 0 aliphatic rings. The van der Waals surface area contributed by atoms with Gasteiger partial charge in [0, 0.05) is 16.6 Å². The van der Waals surface area contributed by atoms with Gasteiger partial charge in [-0.2, -0.15) is 0 Å². The van der Waals surface area contributed by atoms with E-state index in [1.54, 1.807) is 11.3 Å². The molecule has 0 saturated carbocycles. The van der Waals surface area contributed by atoms with Gasteiger partial charge in [0.25, 0.3) is 0 Å². The Labute approximate surface area is 105 Å². The van der Waals surface area contributed by atoms with E-state index < -0.39 is 0 Å². The van der Waals surface area contributed by atoms with E-state index >= 15 is 0 Å². The molecule has 0 radical (unpaired) electrons. The molecule has 0 atom stereocenters. The molecule has 3 nitrogen and oxygen atoms in total. The predicted octanol–water partition coefficient (Wildman–Crippen LogP) is 2.81. The van der Waals surface area contributed by atoms with Crippen molar-refractivity contribution in [3.8, 4) is 0 Å². The molecule has 2 aromatic rings. The molecule has 17 heavy (non-hydrogen) atoms. The van der Waals surface area contributed by atoms with Gasteiger partial charge in [0.05, 0.1) is 23.9 Å². The molecule has 0 spiro atoms. The maximum atomic E-state index is 9.20. The maximum absolute atomic E-state index is 9.20. The zero-order valence-corrected chi connectivity index (χ0v) is 10.6. The third-order valence-corrected chi connectivity index (χ3v) is 3.59. The zero-order valence-electron chi connectivity index (χ0n) is 9.81. The Hall–Kier alpha value is -1.39. The highest BCUT2D eigenvalue weighted by molar-refractivity contribution is 7.09. The SMILES string of the molecule is CCc1nc(CNc2ccccc2CO)cs1. The summed E-state index contributed by atoms with van der Waals surface area (Å²) in [5.41, 5.74) is 2.94. The number of thiazole rings is 1. The average molecular weight is 248 g/mol. The Kier molecular flexibility index (Phi) is 4.12. The summed E-state index contributed by atoms with van der Waals surface area (Å²) in [6.45, 7) is 2.87. The predicted molar refractivity (Wildman–Crippen MR) is 71.2 cm³/mol. The number of nitrogens with zero attached hydrogens (tertiary/aromatic N) is 1. The van der Waals surface area contributed by atoms with Crippen LogP contribution in [0.15, 0.2) is 29.6 Å². The van der Waals surface area contributed by atoms with Gasteiger partial charge in [0.15, 0.2) is 0 Å². The van der Waals surface area contributed by atoms with E-state index in [0.717, 1.165) is 28.4 Å². The molecule has 1 aromatic carbocycles. The Morgan fingerprint density at radius 1 is 1.35 bits per heavy atom. The molecule has 0 saturated heterocycles. The van der Waals surface area contributed by atoms with E-state index in [9.17, 15) is 5.11 Å². The van der Waals surface area contributed by atoms with Crippen LogP contribution in [0.25, 0.3) is 0 Å². The molecule has 1 aromatic heterocycles. The van der Waals surface area contributed by atoms with E-state index in [1.165, 1.54) is 0 Å². The van der Waals surface area contributed by atoms with Crippen LogP contribution >= 0.6 is 11.3 Å². The summed E-state index contributed by atoms with van der Waals surface area (Å²) in [4.78, 5) is 4.49. The molecule has 90 valence electrons. The molecule has 2 N–H and O–H groups in total. The summed E-state index contributed by atoms with van der Waals surface area (Å²) in [6.07, 6.45) is 0.984. The smallest absolute Gasteiger partial charge is 0.0926 e. The van der Waals surface area contributed by atoms with Crippen LogP contribution in [0.2, 0.25) is 0 Å². The van der Waals surface area contributed by atoms with Crippen LogP contribution in [0, 0.1) is 0 Å². The van der Waals surface area contributed by atoms with Crippen molar-refractivity contribution in [2.45, 2.75) is 26.5 Å². The Bertz CT molecular complexity index is 482. The van der Waals surface area contributed by atoms with Crippen LogP contribution in [-0.2, 0) is 19.6 Å². The van der Waals surface area contributed by atoms with Crippen molar-refractivity contribution in [2.75, 3.05) is 5.32 Å². The van der Waals surface area contributed by atoms with Gasteiger partial charge >= 0.3 is 0 Å². The zero-order chi connectivity index (χ0) is 12.1. The highest BCUT2D eigenvalue weighted by Crippen LogP contribution is 2.17. The first-order valence-electron chi connectivity index (χ1n) is 5.69. The number of nitrogens with one attached hydrogen (secondary N) is 1. The minimum absolute atomic E-state index is 0.0560. The highest BCUT2D eigenvalue weighted by atomic mass is 32.1. The molecule has 2 rings (SSSR count). The number of benzene rings is 1. The van der Waals surface area contributed by atoms with Gasteiger partial charge < -0.3 is 10.4 Å². The first-order valence-corrected chi connectivity index (χ1v) is 6.57. The Morgan fingerprint density at radius 3 is 2.88 bits per heavy atom. The molecule has 0 bridgehead atoms. The fourth-order valence-electron chi connectivity index (χ4n) is 1.61. The van der Waals surface area contributed by atoms with Crippen LogP contribution in [0.1, 0.15) is 23.2 Å². The molecule has 0 fully saturated rings. The topological polar surface area (TPSA) is 45.2 Å². The maximum Gasteiger partial charge on any atom is 0.0926 e. The van der Waals surface area contributed by atoms with Gasteiger partial charge in [-0.1, -0.05) is 25.1 Å². The van der Waals surface area contributed by atoms with Gasteiger partial charge in [-0.25, -0.2) is 4.98 Å². The molecular formula is C13H16N2OS. The van der Waals surface area contributed by atoms with Gasteiger partial charge in [0.2, 0.25) is 0 Å². The van der Waals surface area contributed by atoms with E-state index in [1.807, 2.05) is 24.3 Å². The van der Waals surface area contributed by atoms with Crippen molar-refractivity contribution in [2.24, 2.45) is 0 Å². The first kappa shape index (κ1) is 12.1. The standard InChI is InChI=1S/C13H16N2OS/c1-2-13-15-11(9-17-13)7-14-12-6-4-3-5-10(12)8-16/h3-6,9,14,16H,2,7-8H2,1H3. The molecule has 0 aliphatic heterocycles. The molecule has 0 unspecified atom stereocenters. The lowest BCUT2D eigenvalue weighted by molar-refractivity contribution is 0.282. The van der Waals surface area contributed by atoms with Crippen molar-refractivity contribution in [3.05, 3.63) is 45.9 Å². The monoisotopic (exact) mass is 248 g/mol. The van der Waals surface area contributed by atoms with E-state index in [2.05, 4.69) is 22.6 Å². The molecule has 0 aliphatic carbocycles. The van der Waals surface area contributed by atoms with Gasteiger partial charge in [-0.05, 0) is 12.5 Å². The largest absolute Gasteiger partial charge is 0.392 e. The second-order valence-corrected chi connectivity index (χ2v) is 4.70. The summed E-state index contributed by atoms with van der Waals surface area (Å²) in [5, 5.41) is 15.7. The number of aliphatic hydroxyl groups is 1. The lowest BCUT2D eigenvalue weighted by Crippen LogP contribution is -2.02. The van der Waals surface area contributed by atoms with Crippen LogP contribution in [0.3, 0.4) is 0 Å². The van der Waals surface area contributed by atoms with E-state index in [4.69, 9.17) is 0 Å². The van der Waals surface area contributed by atoms with E-state index in [-0.39, 0.29) is 6.61 Å². The summed E-state index contributed by atoms with van der Waals surface area (Å²) < 4.78 is 0. The molecule has 0 amide bonds. The van der Waals surface area contributed by atoms with Crippen molar-refractivity contribution < 1.29 is 5.11 Å². The fraction of sp³-hybridized carbons (Fsp3) is 0.308. The third-order valence-electron chi connectivity index (χ3n) is 2.55. The lowest BCUT2D eigenvalue weighted by atomic mass is 10.2. The van der Waals surface area contributed by atoms with Gasteiger partial charge in [-0.15, -0.1) is 11.3 Å². The van der Waals surface area contributed by atoms with Crippen molar-refractivity contribution >= 4 is 17.0 Å².